The second-order valence-electron chi connectivity index (χ2n) is 8.46. The number of hydrogen-bond donors (Lipinski definition) is 0. The molecule has 1 fully saturated rings. The van der Waals surface area contributed by atoms with Gasteiger partial charge in [0.25, 0.3) is 5.91 Å². The predicted octanol–water partition coefficient (Wildman–Crippen LogP) is 2.07. The molecule has 2 aliphatic rings. The van der Waals surface area contributed by atoms with Crippen molar-refractivity contribution in [3.05, 3.63) is 59.4 Å². The molecule has 0 saturated carbocycles. The Balaban J connectivity index is 1.50. The summed E-state index contributed by atoms with van der Waals surface area (Å²) in [5.74, 6) is -0.728. The first-order chi connectivity index (χ1) is 15.5. The monoisotopic (exact) mass is 495 g/mol. The summed E-state index contributed by atoms with van der Waals surface area (Å²) in [4.78, 5) is 14.8. The number of hydrogen-bond acceptors (Lipinski definition) is 5. The maximum absolute atomic E-state index is 13.2. The normalized spacial score (nSPS) is 19.9. The van der Waals surface area contributed by atoms with Crippen molar-refractivity contribution in [3.63, 3.8) is 0 Å². The highest BCUT2D eigenvalue weighted by molar-refractivity contribution is 7.92. The van der Waals surface area contributed by atoms with Gasteiger partial charge in [-0.2, -0.15) is 4.31 Å². The lowest BCUT2D eigenvalue weighted by atomic mass is 10.1. The number of halogens is 1. The smallest absolute Gasteiger partial charge is 0.253 e. The Bertz CT molecular complexity index is 1280. The van der Waals surface area contributed by atoms with E-state index in [1.165, 1.54) is 27.0 Å². The zero-order valence-electron chi connectivity index (χ0n) is 18.4. The van der Waals surface area contributed by atoms with E-state index in [2.05, 4.69) is 0 Å². The predicted molar refractivity (Wildman–Crippen MR) is 123 cm³/mol. The molecule has 0 aromatic heterocycles. The summed E-state index contributed by atoms with van der Waals surface area (Å²) >= 11 is 0. The summed E-state index contributed by atoms with van der Waals surface area (Å²) in [6.45, 7) is 2.84. The molecule has 1 saturated heterocycles. The number of benzene rings is 2. The van der Waals surface area contributed by atoms with Gasteiger partial charge in [0.15, 0.2) is 0 Å². The molecule has 0 spiro atoms. The molecule has 2 heterocycles. The van der Waals surface area contributed by atoms with Crippen molar-refractivity contribution in [1.82, 2.24) is 9.21 Å². The van der Waals surface area contributed by atoms with Gasteiger partial charge in [-0.1, -0.05) is 0 Å². The lowest BCUT2D eigenvalue weighted by Crippen LogP contribution is -2.37. The van der Waals surface area contributed by atoms with Crippen LogP contribution in [0.3, 0.4) is 0 Å². The summed E-state index contributed by atoms with van der Waals surface area (Å²) in [6, 6.07) is 9.50. The Hall–Kier alpha value is -2.50. The number of carbonyl (C=O) groups is 1. The first-order valence-electron chi connectivity index (χ1n) is 10.7. The molecule has 33 heavy (non-hydrogen) atoms. The molecule has 1 amide bonds. The second-order valence-corrected chi connectivity index (χ2v) is 12.3. The standard InChI is InChI=1S/C22H26FN3O5S2/c1-16-14-18-15-17(4-9-21(18)26(16)32(2,28)29)22(27)24-10-3-11-25(13-12-24)33(30,31)20-7-5-19(23)6-8-20/h4-9,15-16H,3,10-14H2,1-2H3/t16-/m0/s1. The molecular weight excluding hydrogens is 469 g/mol. The van der Waals surface area contributed by atoms with E-state index in [9.17, 15) is 26.0 Å². The maximum atomic E-state index is 13.2. The van der Waals surface area contributed by atoms with Crippen LogP contribution in [0.5, 0.6) is 0 Å². The highest BCUT2D eigenvalue weighted by atomic mass is 32.2. The van der Waals surface area contributed by atoms with Gasteiger partial charge in [0.05, 0.1) is 16.8 Å². The van der Waals surface area contributed by atoms with Gasteiger partial charge in [0, 0.05) is 37.8 Å². The fourth-order valence-corrected chi connectivity index (χ4v) is 7.25. The van der Waals surface area contributed by atoms with E-state index in [0.717, 1.165) is 17.7 Å². The van der Waals surface area contributed by atoms with Gasteiger partial charge >= 0.3 is 0 Å². The Labute approximate surface area is 193 Å². The molecule has 0 radical (unpaired) electrons. The molecule has 2 aromatic rings. The molecule has 0 aliphatic carbocycles. The molecule has 0 N–H and O–H groups in total. The van der Waals surface area contributed by atoms with Crippen molar-refractivity contribution in [3.8, 4) is 0 Å². The third-order valence-electron chi connectivity index (χ3n) is 6.03. The van der Waals surface area contributed by atoms with Gasteiger partial charge < -0.3 is 4.90 Å². The fraction of sp³-hybridized carbons (Fsp3) is 0.409. The molecule has 4 rings (SSSR count). The minimum absolute atomic E-state index is 0.0202. The Morgan fingerprint density at radius 1 is 0.970 bits per heavy atom. The first kappa shape index (κ1) is 23.7. The van der Waals surface area contributed by atoms with Crippen molar-refractivity contribution in [2.45, 2.75) is 30.7 Å². The molecule has 0 unspecified atom stereocenters. The molecule has 2 aliphatic heterocycles. The van der Waals surface area contributed by atoms with E-state index in [-0.39, 0.29) is 36.5 Å². The van der Waals surface area contributed by atoms with Crippen LogP contribution in [0.1, 0.15) is 29.3 Å². The molecular formula is C22H26FN3O5S2. The zero-order chi connectivity index (χ0) is 24.0. The van der Waals surface area contributed by atoms with Crippen LogP contribution in [0.4, 0.5) is 10.1 Å². The number of fused-ring (bicyclic) bond motifs is 1. The summed E-state index contributed by atoms with van der Waals surface area (Å²) in [5.41, 5.74) is 1.84. The fourth-order valence-electron chi connectivity index (χ4n) is 4.52. The average Bonchev–Trinajstić information content (AvgIpc) is 2.91. The van der Waals surface area contributed by atoms with E-state index in [4.69, 9.17) is 0 Å². The van der Waals surface area contributed by atoms with Crippen LogP contribution < -0.4 is 4.31 Å². The summed E-state index contributed by atoms with van der Waals surface area (Å²) < 4.78 is 65.9. The number of amides is 1. The molecule has 0 bridgehead atoms. The van der Waals surface area contributed by atoms with Gasteiger partial charge in [0.1, 0.15) is 5.82 Å². The van der Waals surface area contributed by atoms with Crippen molar-refractivity contribution in [1.29, 1.82) is 0 Å². The molecule has 8 nitrogen and oxygen atoms in total. The maximum Gasteiger partial charge on any atom is 0.253 e. The summed E-state index contributed by atoms with van der Waals surface area (Å²) in [6.07, 6.45) is 2.16. The topological polar surface area (TPSA) is 95.1 Å². The Kier molecular flexibility index (Phi) is 6.23. The molecule has 1 atom stereocenters. The van der Waals surface area contributed by atoms with Crippen LogP contribution in [0.2, 0.25) is 0 Å². The van der Waals surface area contributed by atoms with Gasteiger partial charge in [-0.15, -0.1) is 0 Å². The third-order valence-corrected chi connectivity index (χ3v) is 9.21. The van der Waals surface area contributed by atoms with Crippen LogP contribution in [-0.2, 0) is 26.5 Å². The van der Waals surface area contributed by atoms with E-state index < -0.39 is 25.9 Å². The van der Waals surface area contributed by atoms with Gasteiger partial charge in [-0.25, -0.2) is 21.2 Å². The minimum atomic E-state index is -3.78. The zero-order valence-corrected chi connectivity index (χ0v) is 20.1. The quantitative estimate of drug-likeness (QED) is 0.647. The van der Waals surface area contributed by atoms with E-state index >= 15 is 0 Å². The second kappa shape index (κ2) is 8.69. The highest BCUT2D eigenvalue weighted by Gasteiger charge is 2.34. The largest absolute Gasteiger partial charge is 0.337 e. The van der Waals surface area contributed by atoms with Crippen molar-refractivity contribution in [2.24, 2.45) is 0 Å². The number of anilines is 1. The first-order valence-corrected chi connectivity index (χ1v) is 13.9. The lowest BCUT2D eigenvalue weighted by molar-refractivity contribution is 0.0764. The van der Waals surface area contributed by atoms with E-state index in [1.54, 1.807) is 23.1 Å². The van der Waals surface area contributed by atoms with E-state index in [1.807, 2.05) is 6.92 Å². The van der Waals surface area contributed by atoms with Crippen LogP contribution in [0.25, 0.3) is 0 Å². The Morgan fingerprint density at radius 2 is 1.67 bits per heavy atom. The summed E-state index contributed by atoms with van der Waals surface area (Å²) in [7, 11) is -7.20. The van der Waals surface area contributed by atoms with E-state index in [0.29, 0.717) is 30.6 Å². The van der Waals surface area contributed by atoms with Gasteiger partial charge in [0.2, 0.25) is 20.0 Å². The van der Waals surface area contributed by atoms with Crippen LogP contribution in [0, 0.1) is 5.82 Å². The molecule has 178 valence electrons. The van der Waals surface area contributed by atoms with Crippen LogP contribution in [-0.4, -0.2) is 70.4 Å². The van der Waals surface area contributed by atoms with Crippen LogP contribution in [0.15, 0.2) is 47.4 Å². The molecule has 2 aromatic carbocycles. The van der Waals surface area contributed by atoms with Gasteiger partial charge in [-0.3, -0.25) is 9.10 Å². The number of sulfonamides is 2. The SMILES string of the molecule is C[C@H]1Cc2cc(C(=O)N3CCCN(S(=O)(=O)c4ccc(F)cc4)CC3)ccc2N1S(C)(=O)=O. The van der Waals surface area contributed by atoms with Crippen molar-refractivity contribution >= 4 is 31.6 Å². The Morgan fingerprint density at radius 3 is 2.33 bits per heavy atom. The van der Waals surface area contributed by atoms with Gasteiger partial charge in [-0.05, 0) is 67.8 Å². The number of rotatable bonds is 4. The lowest BCUT2D eigenvalue weighted by Gasteiger charge is -2.23. The van der Waals surface area contributed by atoms with Crippen molar-refractivity contribution < 1.29 is 26.0 Å². The van der Waals surface area contributed by atoms with Crippen LogP contribution >= 0.6 is 0 Å². The van der Waals surface area contributed by atoms with Crippen molar-refractivity contribution in [2.75, 3.05) is 36.7 Å². The third kappa shape index (κ3) is 4.62. The molecule has 11 heteroatoms. The average molecular weight is 496 g/mol. The number of carbonyl (C=O) groups excluding carboxylic acids is 1. The highest BCUT2D eigenvalue weighted by Crippen LogP contribution is 2.35. The summed E-state index contributed by atoms with van der Waals surface area (Å²) in [5, 5.41) is 0. The minimum Gasteiger partial charge on any atom is -0.337 e. The number of nitrogens with zero attached hydrogens (tertiary/aromatic N) is 3.